The Bertz CT molecular complexity index is 1370. The normalized spacial score (nSPS) is 14.2. The molecule has 0 atom stereocenters. The SMILES string of the molecule is Cc1ccc(NS(=O)(=O)c2cc(C(=O)N3CCN(c4cccc(C)c4C)CC3)ccc2C)c(C)c1. The van der Waals surface area contributed by atoms with Crippen molar-refractivity contribution in [3.8, 4) is 0 Å². The summed E-state index contributed by atoms with van der Waals surface area (Å²) in [5.74, 6) is -0.145. The second kappa shape index (κ2) is 9.74. The third kappa shape index (κ3) is 5.20. The van der Waals surface area contributed by atoms with Crippen LogP contribution in [0.3, 0.4) is 0 Å². The van der Waals surface area contributed by atoms with Crippen LogP contribution < -0.4 is 9.62 Å². The average Bonchev–Trinajstić information content (AvgIpc) is 2.82. The van der Waals surface area contributed by atoms with Crippen LogP contribution in [0.2, 0.25) is 0 Å². The van der Waals surface area contributed by atoms with Gasteiger partial charge in [0.15, 0.2) is 0 Å². The summed E-state index contributed by atoms with van der Waals surface area (Å²) in [6.45, 7) is 12.5. The standard InChI is InChI=1S/C28H33N3O3S/c1-19-9-12-25(22(4)17-19)29-35(33,34)27-18-24(11-10-21(27)3)28(32)31-15-13-30(14-16-31)26-8-6-7-20(2)23(26)5/h6-12,17-18,29H,13-16H2,1-5H3. The van der Waals surface area contributed by atoms with E-state index in [0.717, 1.165) is 24.2 Å². The molecule has 1 N–H and O–H groups in total. The predicted molar refractivity (Wildman–Crippen MR) is 142 cm³/mol. The number of hydrogen-bond donors (Lipinski definition) is 1. The van der Waals surface area contributed by atoms with Crippen LogP contribution in [0.5, 0.6) is 0 Å². The van der Waals surface area contributed by atoms with E-state index in [4.69, 9.17) is 0 Å². The maximum absolute atomic E-state index is 13.3. The van der Waals surface area contributed by atoms with E-state index >= 15 is 0 Å². The summed E-state index contributed by atoms with van der Waals surface area (Å²) in [6.07, 6.45) is 0. The smallest absolute Gasteiger partial charge is 0.262 e. The maximum atomic E-state index is 13.3. The molecule has 3 aromatic rings. The Kier molecular flexibility index (Phi) is 6.90. The van der Waals surface area contributed by atoms with Crippen molar-refractivity contribution in [3.63, 3.8) is 0 Å². The number of rotatable bonds is 5. The van der Waals surface area contributed by atoms with Crippen LogP contribution in [0.4, 0.5) is 11.4 Å². The van der Waals surface area contributed by atoms with E-state index in [-0.39, 0.29) is 10.8 Å². The highest BCUT2D eigenvalue weighted by atomic mass is 32.2. The number of nitrogens with one attached hydrogen (secondary N) is 1. The molecule has 0 saturated carbocycles. The summed E-state index contributed by atoms with van der Waals surface area (Å²) in [4.78, 5) is 17.5. The monoisotopic (exact) mass is 491 g/mol. The second-order valence-electron chi connectivity index (χ2n) is 9.40. The molecule has 0 spiro atoms. The van der Waals surface area contributed by atoms with E-state index in [9.17, 15) is 13.2 Å². The van der Waals surface area contributed by atoms with Gasteiger partial charge in [-0.1, -0.05) is 35.9 Å². The van der Waals surface area contributed by atoms with Crippen molar-refractivity contribution < 1.29 is 13.2 Å². The topological polar surface area (TPSA) is 69.7 Å². The maximum Gasteiger partial charge on any atom is 0.262 e. The van der Waals surface area contributed by atoms with Gasteiger partial charge in [-0.05, 0) is 81.1 Å². The first-order valence-electron chi connectivity index (χ1n) is 11.9. The third-order valence-corrected chi connectivity index (χ3v) is 8.34. The van der Waals surface area contributed by atoms with Crippen LogP contribution in [-0.4, -0.2) is 45.4 Å². The molecular weight excluding hydrogens is 458 g/mol. The van der Waals surface area contributed by atoms with E-state index in [0.29, 0.717) is 29.9 Å². The first kappa shape index (κ1) is 24.8. The summed E-state index contributed by atoms with van der Waals surface area (Å²) < 4.78 is 29.1. The quantitative estimate of drug-likeness (QED) is 0.546. The second-order valence-corrected chi connectivity index (χ2v) is 11.1. The number of amides is 1. The lowest BCUT2D eigenvalue weighted by Crippen LogP contribution is -2.49. The van der Waals surface area contributed by atoms with Gasteiger partial charge in [-0.3, -0.25) is 9.52 Å². The Balaban J connectivity index is 1.51. The van der Waals surface area contributed by atoms with Crippen LogP contribution in [-0.2, 0) is 10.0 Å². The molecule has 4 rings (SSSR count). The van der Waals surface area contributed by atoms with Crippen LogP contribution >= 0.6 is 0 Å². The summed E-state index contributed by atoms with van der Waals surface area (Å²) in [5, 5.41) is 0. The Morgan fingerprint density at radius 1 is 0.800 bits per heavy atom. The number of nitrogens with zero attached hydrogens (tertiary/aromatic N) is 2. The van der Waals surface area contributed by atoms with Crippen LogP contribution in [0, 0.1) is 34.6 Å². The molecule has 0 aromatic heterocycles. The summed E-state index contributed by atoms with van der Waals surface area (Å²) >= 11 is 0. The molecule has 7 heteroatoms. The van der Waals surface area contributed by atoms with Gasteiger partial charge in [-0.2, -0.15) is 0 Å². The van der Waals surface area contributed by atoms with Gasteiger partial charge in [0, 0.05) is 37.4 Å². The Labute approximate surface area is 208 Å². The third-order valence-electron chi connectivity index (χ3n) is 6.83. The number of sulfonamides is 1. The van der Waals surface area contributed by atoms with Gasteiger partial charge in [-0.25, -0.2) is 8.42 Å². The average molecular weight is 492 g/mol. The molecule has 184 valence electrons. The van der Waals surface area contributed by atoms with Gasteiger partial charge in [0.05, 0.1) is 10.6 Å². The molecule has 35 heavy (non-hydrogen) atoms. The summed E-state index contributed by atoms with van der Waals surface area (Å²) in [7, 11) is -3.85. The highest BCUT2D eigenvalue weighted by molar-refractivity contribution is 7.92. The van der Waals surface area contributed by atoms with Crippen molar-refractivity contribution in [1.29, 1.82) is 0 Å². The minimum absolute atomic E-state index is 0.123. The van der Waals surface area contributed by atoms with Crippen LogP contribution in [0.25, 0.3) is 0 Å². The van der Waals surface area contributed by atoms with Gasteiger partial charge in [-0.15, -0.1) is 0 Å². The summed E-state index contributed by atoms with van der Waals surface area (Å²) in [5.41, 5.74) is 7.15. The molecule has 0 radical (unpaired) electrons. The fourth-order valence-electron chi connectivity index (χ4n) is 4.56. The van der Waals surface area contributed by atoms with Crippen molar-refractivity contribution in [3.05, 3.63) is 88.0 Å². The van der Waals surface area contributed by atoms with E-state index in [1.54, 1.807) is 30.0 Å². The Hall–Kier alpha value is -3.32. The molecule has 1 fully saturated rings. The number of aryl methyl sites for hydroxylation is 4. The molecule has 3 aromatic carbocycles. The molecule has 0 bridgehead atoms. The van der Waals surface area contributed by atoms with Gasteiger partial charge < -0.3 is 9.80 Å². The first-order valence-corrected chi connectivity index (χ1v) is 13.4. The van der Waals surface area contributed by atoms with Crippen molar-refractivity contribution in [2.24, 2.45) is 0 Å². The molecule has 1 saturated heterocycles. The lowest BCUT2D eigenvalue weighted by atomic mass is 10.1. The molecule has 0 unspecified atom stereocenters. The fourth-order valence-corrected chi connectivity index (χ4v) is 5.96. The largest absolute Gasteiger partial charge is 0.368 e. The van der Waals surface area contributed by atoms with E-state index < -0.39 is 10.0 Å². The zero-order chi connectivity index (χ0) is 25.3. The van der Waals surface area contributed by atoms with Crippen molar-refractivity contribution in [2.75, 3.05) is 35.8 Å². The Morgan fingerprint density at radius 3 is 2.20 bits per heavy atom. The van der Waals surface area contributed by atoms with Gasteiger partial charge >= 0.3 is 0 Å². The van der Waals surface area contributed by atoms with E-state index in [2.05, 4.69) is 41.7 Å². The lowest BCUT2D eigenvalue weighted by molar-refractivity contribution is 0.0746. The fraction of sp³-hybridized carbons (Fsp3) is 0.321. The highest BCUT2D eigenvalue weighted by Gasteiger charge is 2.25. The molecule has 0 aliphatic carbocycles. The minimum atomic E-state index is -3.85. The van der Waals surface area contributed by atoms with E-state index in [1.165, 1.54) is 22.9 Å². The highest BCUT2D eigenvalue weighted by Crippen LogP contribution is 2.26. The zero-order valence-electron chi connectivity index (χ0n) is 21.1. The number of benzene rings is 3. The minimum Gasteiger partial charge on any atom is -0.368 e. The van der Waals surface area contributed by atoms with Crippen molar-refractivity contribution in [1.82, 2.24) is 4.90 Å². The first-order chi connectivity index (χ1) is 16.6. The van der Waals surface area contributed by atoms with Crippen LogP contribution in [0.1, 0.15) is 38.2 Å². The zero-order valence-corrected chi connectivity index (χ0v) is 21.9. The number of carbonyl (C=O) groups excluding carboxylic acids is 1. The predicted octanol–water partition coefficient (Wildman–Crippen LogP) is 4.99. The lowest BCUT2D eigenvalue weighted by Gasteiger charge is -2.37. The molecular formula is C28H33N3O3S. The van der Waals surface area contributed by atoms with Crippen LogP contribution in [0.15, 0.2) is 59.5 Å². The number of piperazine rings is 1. The summed E-state index contributed by atoms with van der Waals surface area (Å²) in [6, 6.07) is 16.8. The van der Waals surface area contributed by atoms with Crippen molar-refractivity contribution >= 4 is 27.3 Å². The Morgan fingerprint density at radius 2 is 1.51 bits per heavy atom. The van der Waals surface area contributed by atoms with Gasteiger partial charge in [0.25, 0.3) is 15.9 Å². The molecule has 1 aliphatic heterocycles. The van der Waals surface area contributed by atoms with Gasteiger partial charge in [0.2, 0.25) is 0 Å². The molecule has 6 nitrogen and oxygen atoms in total. The number of hydrogen-bond acceptors (Lipinski definition) is 4. The molecule has 1 aliphatic rings. The molecule has 1 amide bonds. The number of carbonyl (C=O) groups is 1. The van der Waals surface area contributed by atoms with Crippen molar-refractivity contribution in [2.45, 2.75) is 39.5 Å². The molecule has 1 heterocycles. The van der Waals surface area contributed by atoms with E-state index in [1.807, 2.05) is 26.0 Å². The number of anilines is 2. The van der Waals surface area contributed by atoms with Gasteiger partial charge in [0.1, 0.15) is 0 Å².